The first-order valence-electron chi connectivity index (χ1n) is 4.85. The molecule has 0 aromatic heterocycles. The molecule has 0 radical (unpaired) electrons. The highest BCUT2D eigenvalue weighted by atomic mass is 16.5. The summed E-state index contributed by atoms with van der Waals surface area (Å²) < 4.78 is 5.12. The van der Waals surface area contributed by atoms with Gasteiger partial charge in [-0.05, 0) is 31.5 Å². The van der Waals surface area contributed by atoms with Crippen LogP contribution in [-0.2, 0) is 6.42 Å². The van der Waals surface area contributed by atoms with Gasteiger partial charge >= 0.3 is 0 Å². The van der Waals surface area contributed by atoms with Gasteiger partial charge in [0.05, 0.1) is 7.11 Å². The molecule has 0 aliphatic carbocycles. The average molecular weight is 193 g/mol. The number of methoxy groups -OCH3 is 1. The van der Waals surface area contributed by atoms with Gasteiger partial charge in [-0.25, -0.2) is 0 Å². The van der Waals surface area contributed by atoms with Crippen LogP contribution in [0.25, 0.3) is 0 Å². The Labute approximate surface area is 83.7 Å². The van der Waals surface area contributed by atoms with E-state index < -0.39 is 0 Å². The van der Waals surface area contributed by atoms with E-state index in [1.807, 2.05) is 6.07 Å². The van der Waals surface area contributed by atoms with Crippen molar-refractivity contribution in [2.45, 2.75) is 19.4 Å². The van der Waals surface area contributed by atoms with Crippen LogP contribution in [0.3, 0.4) is 0 Å². The van der Waals surface area contributed by atoms with Crippen LogP contribution < -0.4 is 10.1 Å². The Morgan fingerprint density at radius 3 is 3.00 bits per heavy atom. The quantitative estimate of drug-likeness (QED) is 0.712. The molecule has 3 nitrogen and oxygen atoms in total. The third-order valence-electron chi connectivity index (χ3n) is 2.76. The molecule has 76 valence electrons. The van der Waals surface area contributed by atoms with Crippen molar-refractivity contribution in [3.63, 3.8) is 0 Å². The molecule has 1 aromatic carbocycles. The number of aromatic hydroxyl groups is 1. The Bertz CT molecular complexity index is 349. The Balaban J connectivity index is 2.51. The molecule has 1 aliphatic rings. The lowest BCUT2D eigenvalue weighted by molar-refractivity contribution is 0.400. The summed E-state index contributed by atoms with van der Waals surface area (Å²) in [6, 6.07) is 3.96. The summed E-state index contributed by atoms with van der Waals surface area (Å²) in [5.74, 6) is 1.07. The number of rotatable bonds is 1. The fourth-order valence-corrected chi connectivity index (χ4v) is 1.95. The van der Waals surface area contributed by atoms with Crippen molar-refractivity contribution in [1.29, 1.82) is 0 Å². The maximum Gasteiger partial charge on any atom is 0.122 e. The number of phenols is 1. The number of nitrogens with one attached hydrogen (secondary N) is 1. The molecule has 0 fully saturated rings. The Hall–Kier alpha value is -1.22. The first-order chi connectivity index (χ1) is 6.72. The molecule has 3 heteroatoms. The van der Waals surface area contributed by atoms with E-state index in [1.165, 1.54) is 0 Å². The van der Waals surface area contributed by atoms with Gasteiger partial charge in [0.25, 0.3) is 0 Å². The van der Waals surface area contributed by atoms with Gasteiger partial charge in [0.15, 0.2) is 0 Å². The van der Waals surface area contributed by atoms with E-state index in [-0.39, 0.29) is 0 Å². The van der Waals surface area contributed by atoms with Crippen molar-refractivity contribution < 1.29 is 9.84 Å². The summed E-state index contributed by atoms with van der Waals surface area (Å²) in [5.41, 5.74) is 2.20. The molecule has 2 N–H and O–H groups in total. The van der Waals surface area contributed by atoms with Crippen molar-refractivity contribution in [3.05, 3.63) is 23.3 Å². The van der Waals surface area contributed by atoms with Crippen molar-refractivity contribution in [2.75, 3.05) is 13.7 Å². The summed E-state index contributed by atoms with van der Waals surface area (Å²) in [6.45, 7) is 3.02. The van der Waals surface area contributed by atoms with Crippen LogP contribution in [0.1, 0.15) is 24.1 Å². The minimum absolute atomic E-state index is 0.291. The molecule has 1 heterocycles. The zero-order valence-electron chi connectivity index (χ0n) is 8.50. The van der Waals surface area contributed by atoms with Gasteiger partial charge in [-0.1, -0.05) is 0 Å². The lowest BCUT2D eigenvalue weighted by atomic mass is 9.94. The SMILES string of the molecule is COc1cc(O)c2c(c1)C(C)NCC2. The summed E-state index contributed by atoms with van der Waals surface area (Å²) in [7, 11) is 1.61. The van der Waals surface area contributed by atoms with Gasteiger partial charge in [-0.2, -0.15) is 0 Å². The summed E-state index contributed by atoms with van der Waals surface area (Å²) >= 11 is 0. The van der Waals surface area contributed by atoms with Crippen LogP contribution in [0.2, 0.25) is 0 Å². The lowest BCUT2D eigenvalue weighted by Crippen LogP contribution is -2.27. The molecule has 0 amide bonds. The second kappa shape index (κ2) is 3.50. The van der Waals surface area contributed by atoms with Gasteiger partial charge < -0.3 is 15.2 Å². The van der Waals surface area contributed by atoms with E-state index >= 15 is 0 Å². The van der Waals surface area contributed by atoms with Crippen molar-refractivity contribution in [3.8, 4) is 11.5 Å². The molecule has 14 heavy (non-hydrogen) atoms. The fraction of sp³-hybridized carbons (Fsp3) is 0.455. The van der Waals surface area contributed by atoms with Gasteiger partial charge in [-0.15, -0.1) is 0 Å². The van der Waals surface area contributed by atoms with E-state index in [9.17, 15) is 5.11 Å². The third kappa shape index (κ3) is 1.44. The molecule has 0 saturated heterocycles. The number of hydrogen-bond acceptors (Lipinski definition) is 3. The zero-order valence-corrected chi connectivity index (χ0v) is 8.50. The van der Waals surface area contributed by atoms with Crippen molar-refractivity contribution >= 4 is 0 Å². The fourth-order valence-electron chi connectivity index (χ4n) is 1.95. The zero-order chi connectivity index (χ0) is 10.1. The normalized spacial score (nSPS) is 20.3. The van der Waals surface area contributed by atoms with Gasteiger partial charge in [-0.3, -0.25) is 0 Å². The molecule has 0 spiro atoms. The van der Waals surface area contributed by atoms with Crippen molar-refractivity contribution in [2.24, 2.45) is 0 Å². The highest BCUT2D eigenvalue weighted by Gasteiger charge is 2.19. The summed E-state index contributed by atoms with van der Waals surface area (Å²) in [5, 5.41) is 13.1. The minimum atomic E-state index is 0.291. The number of fused-ring (bicyclic) bond motifs is 1. The lowest BCUT2D eigenvalue weighted by Gasteiger charge is -2.25. The molecule has 1 unspecified atom stereocenters. The molecule has 2 rings (SSSR count). The van der Waals surface area contributed by atoms with Gasteiger partial charge in [0, 0.05) is 17.7 Å². The van der Waals surface area contributed by atoms with E-state index in [4.69, 9.17) is 4.74 Å². The van der Waals surface area contributed by atoms with Crippen LogP contribution in [-0.4, -0.2) is 18.8 Å². The molecule has 0 saturated carbocycles. The summed E-state index contributed by atoms with van der Waals surface area (Å²) in [6.07, 6.45) is 0.884. The van der Waals surface area contributed by atoms with Crippen LogP contribution in [0, 0.1) is 0 Å². The van der Waals surface area contributed by atoms with Crippen LogP contribution >= 0.6 is 0 Å². The monoisotopic (exact) mass is 193 g/mol. The molecular formula is C11H15NO2. The Kier molecular flexibility index (Phi) is 2.33. The van der Waals surface area contributed by atoms with Gasteiger partial charge in [0.2, 0.25) is 0 Å². The van der Waals surface area contributed by atoms with Crippen LogP contribution in [0.4, 0.5) is 0 Å². The second-order valence-corrected chi connectivity index (χ2v) is 3.64. The van der Waals surface area contributed by atoms with Gasteiger partial charge in [0.1, 0.15) is 11.5 Å². The first-order valence-corrected chi connectivity index (χ1v) is 4.85. The van der Waals surface area contributed by atoms with E-state index in [0.29, 0.717) is 11.8 Å². The largest absolute Gasteiger partial charge is 0.508 e. The first kappa shape index (κ1) is 9.34. The highest BCUT2D eigenvalue weighted by molar-refractivity contribution is 5.48. The number of phenolic OH excluding ortho intramolecular Hbond substituents is 1. The smallest absolute Gasteiger partial charge is 0.122 e. The predicted molar refractivity (Wildman–Crippen MR) is 54.8 cm³/mol. The summed E-state index contributed by atoms with van der Waals surface area (Å²) in [4.78, 5) is 0. The number of hydrogen-bond donors (Lipinski definition) is 2. The van der Waals surface area contributed by atoms with Crippen molar-refractivity contribution in [1.82, 2.24) is 5.32 Å². The maximum absolute atomic E-state index is 9.78. The third-order valence-corrected chi connectivity index (χ3v) is 2.76. The number of ether oxygens (including phenoxy) is 1. The molecular weight excluding hydrogens is 178 g/mol. The van der Waals surface area contributed by atoms with E-state index in [1.54, 1.807) is 13.2 Å². The maximum atomic E-state index is 9.78. The van der Waals surface area contributed by atoms with E-state index in [0.717, 1.165) is 29.8 Å². The second-order valence-electron chi connectivity index (χ2n) is 3.64. The van der Waals surface area contributed by atoms with Crippen LogP contribution in [0.5, 0.6) is 11.5 Å². The predicted octanol–water partition coefficient (Wildman–Crippen LogP) is 1.61. The Morgan fingerprint density at radius 2 is 2.29 bits per heavy atom. The minimum Gasteiger partial charge on any atom is -0.508 e. The molecule has 1 atom stereocenters. The topological polar surface area (TPSA) is 41.5 Å². The average Bonchev–Trinajstić information content (AvgIpc) is 2.19. The van der Waals surface area contributed by atoms with Crippen LogP contribution in [0.15, 0.2) is 12.1 Å². The Morgan fingerprint density at radius 1 is 1.50 bits per heavy atom. The van der Waals surface area contributed by atoms with E-state index in [2.05, 4.69) is 12.2 Å². The standard InChI is InChI=1S/C11H15NO2/c1-7-10-5-8(14-2)6-11(13)9(10)3-4-12-7/h5-7,12-13H,3-4H2,1-2H3. The molecule has 0 bridgehead atoms. The molecule has 1 aromatic rings. The highest BCUT2D eigenvalue weighted by Crippen LogP contribution is 2.33. The molecule has 1 aliphatic heterocycles. The number of benzene rings is 1.